The van der Waals surface area contributed by atoms with Crippen molar-refractivity contribution in [3.05, 3.63) is 17.5 Å². The molecule has 0 aromatic carbocycles. The second kappa shape index (κ2) is 6.20. The molecule has 1 aromatic rings. The van der Waals surface area contributed by atoms with Crippen molar-refractivity contribution < 1.29 is 19.1 Å². The van der Waals surface area contributed by atoms with Gasteiger partial charge in [0.15, 0.2) is 5.78 Å². The number of Topliss-reactive ketones (excluding diaryl/α,β-unsaturated/α-hetero) is 2. The molecule has 0 amide bonds. The Morgan fingerprint density at radius 1 is 1.48 bits per heavy atom. The van der Waals surface area contributed by atoms with Gasteiger partial charge in [-0.3, -0.25) is 19.1 Å². The predicted molar refractivity (Wildman–Crippen MR) is 74.7 cm³/mol. The van der Waals surface area contributed by atoms with Gasteiger partial charge in [-0.15, -0.1) is 0 Å². The van der Waals surface area contributed by atoms with Crippen LogP contribution in [0.4, 0.5) is 0 Å². The maximum absolute atomic E-state index is 12.5. The molecule has 1 aliphatic carbocycles. The fourth-order valence-electron chi connectivity index (χ4n) is 2.78. The molecule has 1 aromatic heterocycles. The molecule has 1 saturated carbocycles. The van der Waals surface area contributed by atoms with E-state index in [1.54, 1.807) is 31.8 Å². The van der Waals surface area contributed by atoms with Crippen LogP contribution in [0.2, 0.25) is 0 Å². The Morgan fingerprint density at radius 3 is 2.76 bits per heavy atom. The summed E-state index contributed by atoms with van der Waals surface area (Å²) in [4.78, 5) is 36.4. The van der Waals surface area contributed by atoms with E-state index in [9.17, 15) is 14.4 Å². The number of ketones is 2. The zero-order chi connectivity index (χ0) is 15.6. The van der Waals surface area contributed by atoms with Gasteiger partial charge in [-0.25, -0.2) is 0 Å². The standard InChI is InChI=1S/C15H20N2O4/c1-4-21-15(20)10-5-6-13(18)11(7-10)14(19)12-8-17(3)16-9(12)2/h8,10-11H,4-7H2,1-3H3. The molecule has 2 atom stereocenters. The number of carbonyl (C=O) groups is 3. The summed E-state index contributed by atoms with van der Waals surface area (Å²) < 4.78 is 6.55. The molecule has 0 spiro atoms. The van der Waals surface area contributed by atoms with Gasteiger partial charge >= 0.3 is 5.97 Å². The highest BCUT2D eigenvalue weighted by Crippen LogP contribution is 2.30. The van der Waals surface area contributed by atoms with Crippen molar-refractivity contribution in [3.63, 3.8) is 0 Å². The number of aryl methyl sites for hydroxylation is 2. The van der Waals surface area contributed by atoms with Gasteiger partial charge in [-0.05, 0) is 26.7 Å². The van der Waals surface area contributed by atoms with E-state index in [1.807, 2.05) is 0 Å². The lowest BCUT2D eigenvalue weighted by Crippen LogP contribution is -2.35. The molecule has 2 unspecified atom stereocenters. The Kier molecular flexibility index (Phi) is 4.55. The lowest BCUT2D eigenvalue weighted by molar-refractivity contribution is -0.150. The van der Waals surface area contributed by atoms with Gasteiger partial charge in [0.2, 0.25) is 0 Å². The van der Waals surface area contributed by atoms with Crippen molar-refractivity contribution in [2.75, 3.05) is 6.61 Å². The number of ether oxygens (including phenoxy) is 1. The topological polar surface area (TPSA) is 78.3 Å². The summed E-state index contributed by atoms with van der Waals surface area (Å²) in [5.74, 6) is -1.77. The number of carbonyl (C=O) groups excluding carboxylic acids is 3. The zero-order valence-electron chi connectivity index (χ0n) is 12.6. The van der Waals surface area contributed by atoms with Crippen LogP contribution in [0.15, 0.2) is 6.20 Å². The minimum Gasteiger partial charge on any atom is -0.466 e. The van der Waals surface area contributed by atoms with Crippen LogP contribution in [-0.2, 0) is 21.4 Å². The van der Waals surface area contributed by atoms with Gasteiger partial charge in [0.1, 0.15) is 5.78 Å². The van der Waals surface area contributed by atoms with E-state index in [4.69, 9.17) is 4.74 Å². The number of esters is 1. The molecule has 0 bridgehead atoms. The van der Waals surface area contributed by atoms with Crippen molar-refractivity contribution in [3.8, 4) is 0 Å². The molecule has 114 valence electrons. The highest BCUT2D eigenvalue weighted by Gasteiger charge is 2.38. The van der Waals surface area contributed by atoms with Gasteiger partial charge in [-0.2, -0.15) is 5.10 Å². The smallest absolute Gasteiger partial charge is 0.308 e. The molecule has 1 aliphatic rings. The molecular formula is C15H20N2O4. The SMILES string of the molecule is CCOC(=O)C1CCC(=O)C(C(=O)c2cn(C)nc2C)C1. The first-order chi connectivity index (χ1) is 9.93. The minimum atomic E-state index is -0.754. The van der Waals surface area contributed by atoms with Crippen molar-refractivity contribution in [1.29, 1.82) is 0 Å². The second-order valence-corrected chi connectivity index (χ2v) is 5.41. The molecule has 1 heterocycles. The summed E-state index contributed by atoms with van der Waals surface area (Å²) >= 11 is 0. The van der Waals surface area contributed by atoms with Gasteiger partial charge in [0, 0.05) is 19.7 Å². The zero-order valence-corrected chi connectivity index (χ0v) is 12.6. The van der Waals surface area contributed by atoms with E-state index in [-0.39, 0.29) is 36.3 Å². The molecule has 1 fully saturated rings. The highest BCUT2D eigenvalue weighted by atomic mass is 16.5. The summed E-state index contributed by atoms with van der Waals surface area (Å²) in [6, 6.07) is 0. The first-order valence-electron chi connectivity index (χ1n) is 7.17. The second-order valence-electron chi connectivity index (χ2n) is 5.41. The summed E-state index contributed by atoms with van der Waals surface area (Å²) in [6.45, 7) is 3.79. The summed E-state index contributed by atoms with van der Waals surface area (Å²) in [5, 5.41) is 4.13. The van der Waals surface area contributed by atoms with Crippen molar-refractivity contribution in [1.82, 2.24) is 9.78 Å². The van der Waals surface area contributed by atoms with E-state index in [0.717, 1.165) is 0 Å². The number of nitrogens with zero attached hydrogens (tertiary/aromatic N) is 2. The molecule has 21 heavy (non-hydrogen) atoms. The normalized spacial score (nSPS) is 22.1. The third-order valence-corrected chi connectivity index (χ3v) is 3.86. The van der Waals surface area contributed by atoms with Gasteiger partial charge < -0.3 is 4.74 Å². The summed E-state index contributed by atoms with van der Waals surface area (Å²) in [6.07, 6.45) is 2.58. The monoisotopic (exact) mass is 292 g/mol. The fraction of sp³-hybridized carbons (Fsp3) is 0.600. The molecule has 0 N–H and O–H groups in total. The maximum atomic E-state index is 12.5. The Hall–Kier alpha value is -1.98. The van der Waals surface area contributed by atoms with Crippen molar-refractivity contribution in [2.24, 2.45) is 18.9 Å². The summed E-state index contributed by atoms with van der Waals surface area (Å²) in [7, 11) is 1.73. The van der Waals surface area contributed by atoms with Gasteiger partial charge in [0.05, 0.1) is 29.7 Å². The Bertz CT molecular complexity index is 576. The van der Waals surface area contributed by atoms with Crippen LogP contribution in [0.25, 0.3) is 0 Å². The highest BCUT2D eigenvalue weighted by molar-refractivity contribution is 6.11. The number of hydrogen-bond acceptors (Lipinski definition) is 5. The van der Waals surface area contributed by atoms with E-state index in [1.165, 1.54) is 0 Å². The van der Waals surface area contributed by atoms with E-state index in [0.29, 0.717) is 24.3 Å². The molecule has 6 heteroatoms. The van der Waals surface area contributed by atoms with Crippen molar-refractivity contribution >= 4 is 17.5 Å². The van der Waals surface area contributed by atoms with Crippen LogP contribution in [0.5, 0.6) is 0 Å². The molecule has 6 nitrogen and oxygen atoms in total. The minimum absolute atomic E-state index is 0.0937. The lowest BCUT2D eigenvalue weighted by Gasteiger charge is -2.25. The first kappa shape index (κ1) is 15.4. The first-order valence-corrected chi connectivity index (χ1v) is 7.17. The molecule has 0 aliphatic heterocycles. The van der Waals surface area contributed by atoms with Crippen molar-refractivity contribution in [2.45, 2.75) is 33.1 Å². The van der Waals surface area contributed by atoms with E-state index >= 15 is 0 Å². The van der Waals surface area contributed by atoms with E-state index in [2.05, 4.69) is 5.10 Å². The molecular weight excluding hydrogens is 272 g/mol. The van der Waals surface area contributed by atoms with Crippen LogP contribution in [0, 0.1) is 18.8 Å². The molecule has 0 saturated heterocycles. The number of hydrogen-bond donors (Lipinski definition) is 0. The van der Waals surface area contributed by atoms with Gasteiger partial charge in [0.25, 0.3) is 0 Å². The third kappa shape index (κ3) is 3.20. The van der Waals surface area contributed by atoms with E-state index < -0.39 is 5.92 Å². The third-order valence-electron chi connectivity index (χ3n) is 3.86. The molecule has 2 rings (SSSR count). The fourth-order valence-corrected chi connectivity index (χ4v) is 2.78. The van der Waals surface area contributed by atoms with Crippen LogP contribution < -0.4 is 0 Å². The van der Waals surface area contributed by atoms with Crippen LogP contribution >= 0.6 is 0 Å². The van der Waals surface area contributed by atoms with Crippen LogP contribution in [-0.4, -0.2) is 33.9 Å². The quantitative estimate of drug-likeness (QED) is 0.477. The molecule has 0 radical (unpaired) electrons. The average Bonchev–Trinajstić information content (AvgIpc) is 2.77. The Balaban J connectivity index is 2.17. The van der Waals surface area contributed by atoms with Crippen LogP contribution in [0.3, 0.4) is 0 Å². The lowest BCUT2D eigenvalue weighted by atomic mass is 9.77. The Labute approximate surface area is 123 Å². The Morgan fingerprint density at radius 2 is 2.19 bits per heavy atom. The largest absolute Gasteiger partial charge is 0.466 e. The van der Waals surface area contributed by atoms with Crippen LogP contribution in [0.1, 0.15) is 42.2 Å². The number of aromatic nitrogens is 2. The van der Waals surface area contributed by atoms with Gasteiger partial charge in [-0.1, -0.05) is 0 Å². The predicted octanol–water partition coefficient (Wildman–Crippen LogP) is 1.46. The summed E-state index contributed by atoms with van der Waals surface area (Å²) in [5.41, 5.74) is 1.06. The average molecular weight is 292 g/mol. The number of rotatable bonds is 4. The maximum Gasteiger partial charge on any atom is 0.308 e.